The van der Waals surface area contributed by atoms with E-state index in [2.05, 4.69) is 0 Å². The highest BCUT2D eigenvalue weighted by Crippen LogP contribution is 2.11. The first kappa shape index (κ1) is 11.2. The normalized spacial score (nSPS) is 15.1. The summed E-state index contributed by atoms with van der Waals surface area (Å²) in [6, 6.07) is 0. The number of ether oxygens (including phenoxy) is 3. The summed E-state index contributed by atoms with van der Waals surface area (Å²) in [4.78, 5) is 11.4. The van der Waals surface area contributed by atoms with Crippen LogP contribution in [0.3, 0.4) is 0 Å². The lowest BCUT2D eigenvalue weighted by Crippen LogP contribution is -2.09. The van der Waals surface area contributed by atoms with Gasteiger partial charge in [-0.15, -0.1) is 0 Å². The number of carbonyl (C=O) groups is 1. The number of allylic oxidation sites excluding steroid dienone is 1. The summed E-state index contributed by atoms with van der Waals surface area (Å²) in [6.45, 7) is 2.16. The molecule has 0 amide bonds. The molecule has 0 radical (unpaired) electrons. The standard InChI is InChI=1S/C10H16O4/c1-12-7-8-13-6-4-9(11)10-3-2-5-14-10/h3H,2,4-8H2,1H3. The fourth-order valence-electron chi connectivity index (χ4n) is 1.14. The van der Waals surface area contributed by atoms with E-state index in [1.165, 1.54) is 0 Å². The van der Waals surface area contributed by atoms with E-state index < -0.39 is 0 Å². The highest BCUT2D eigenvalue weighted by Gasteiger charge is 2.13. The van der Waals surface area contributed by atoms with Crippen molar-refractivity contribution in [3.8, 4) is 0 Å². The minimum Gasteiger partial charge on any atom is -0.490 e. The minimum absolute atomic E-state index is 0.0277. The maximum atomic E-state index is 11.4. The van der Waals surface area contributed by atoms with Crippen molar-refractivity contribution in [3.63, 3.8) is 0 Å². The number of hydrogen-bond acceptors (Lipinski definition) is 4. The van der Waals surface area contributed by atoms with Gasteiger partial charge >= 0.3 is 0 Å². The van der Waals surface area contributed by atoms with E-state index in [0.29, 0.717) is 38.6 Å². The molecule has 0 saturated carbocycles. The fraction of sp³-hybridized carbons (Fsp3) is 0.700. The number of carbonyl (C=O) groups excluding carboxylic acids is 1. The molecule has 1 aliphatic heterocycles. The predicted octanol–water partition coefficient (Wildman–Crippen LogP) is 0.913. The molecule has 1 heterocycles. The largest absolute Gasteiger partial charge is 0.490 e. The molecule has 14 heavy (non-hydrogen) atoms. The number of Topliss-reactive ketones (excluding diaryl/α,β-unsaturated/α-hetero) is 1. The lowest BCUT2D eigenvalue weighted by Gasteiger charge is -2.04. The van der Waals surface area contributed by atoms with Crippen LogP contribution in [0.5, 0.6) is 0 Å². The van der Waals surface area contributed by atoms with Crippen LogP contribution in [-0.4, -0.2) is 39.3 Å². The molecule has 1 aliphatic rings. The number of rotatable bonds is 7. The molecule has 0 aromatic heterocycles. The Morgan fingerprint density at radius 1 is 1.50 bits per heavy atom. The van der Waals surface area contributed by atoms with Crippen molar-refractivity contribution in [2.24, 2.45) is 0 Å². The Labute approximate surface area is 83.8 Å². The van der Waals surface area contributed by atoms with Crippen LogP contribution in [0.2, 0.25) is 0 Å². The maximum absolute atomic E-state index is 11.4. The summed E-state index contributed by atoms with van der Waals surface area (Å²) < 4.78 is 15.1. The topological polar surface area (TPSA) is 44.8 Å². The highest BCUT2D eigenvalue weighted by molar-refractivity contribution is 5.93. The van der Waals surface area contributed by atoms with Gasteiger partial charge in [-0.2, -0.15) is 0 Å². The zero-order valence-electron chi connectivity index (χ0n) is 8.45. The Hall–Kier alpha value is -0.870. The molecule has 0 aromatic carbocycles. The minimum atomic E-state index is 0.0277. The molecule has 0 N–H and O–H groups in total. The maximum Gasteiger partial charge on any atom is 0.199 e. The van der Waals surface area contributed by atoms with Crippen molar-refractivity contribution in [1.82, 2.24) is 0 Å². The van der Waals surface area contributed by atoms with E-state index in [0.717, 1.165) is 6.42 Å². The van der Waals surface area contributed by atoms with Gasteiger partial charge in [-0.25, -0.2) is 0 Å². The number of hydrogen-bond donors (Lipinski definition) is 0. The summed E-state index contributed by atoms with van der Waals surface area (Å²) in [6.07, 6.45) is 3.05. The van der Waals surface area contributed by atoms with E-state index in [1.807, 2.05) is 6.08 Å². The fourth-order valence-corrected chi connectivity index (χ4v) is 1.14. The van der Waals surface area contributed by atoms with Gasteiger partial charge in [0.2, 0.25) is 0 Å². The summed E-state index contributed by atoms with van der Waals surface area (Å²) >= 11 is 0. The van der Waals surface area contributed by atoms with Gasteiger partial charge in [-0.1, -0.05) is 0 Å². The second kappa shape index (κ2) is 6.56. The monoisotopic (exact) mass is 200 g/mol. The molecule has 4 heteroatoms. The number of ketones is 1. The second-order valence-electron chi connectivity index (χ2n) is 2.98. The first-order chi connectivity index (χ1) is 6.84. The molecule has 0 saturated heterocycles. The molecular formula is C10H16O4. The highest BCUT2D eigenvalue weighted by atomic mass is 16.5. The van der Waals surface area contributed by atoms with Crippen LogP contribution in [0.15, 0.2) is 11.8 Å². The molecule has 0 aliphatic carbocycles. The second-order valence-corrected chi connectivity index (χ2v) is 2.98. The van der Waals surface area contributed by atoms with Crippen LogP contribution in [0.4, 0.5) is 0 Å². The molecule has 80 valence electrons. The van der Waals surface area contributed by atoms with E-state index in [4.69, 9.17) is 14.2 Å². The van der Waals surface area contributed by atoms with E-state index in [9.17, 15) is 4.79 Å². The summed E-state index contributed by atoms with van der Waals surface area (Å²) in [7, 11) is 1.62. The molecule has 1 rings (SSSR count). The molecule has 0 aromatic rings. The third kappa shape index (κ3) is 3.89. The lowest BCUT2D eigenvalue weighted by atomic mass is 10.2. The van der Waals surface area contributed by atoms with Gasteiger partial charge in [-0.05, 0) is 6.08 Å². The van der Waals surface area contributed by atoms with Crippen molar-refractivity contribution in [3.05, 3.63) is 11.8 Å². The van der Waals surface area contributed by atoms with Crippen molar-refractivity contribution in [2.45, 2.75) is 12.8 Å². The first-order valence-electron chi connectivity index (χ1n) is 4.77. The molecule has 0 fully saturated rings. The van der Waals surface area contributed by atoms with Gasteiger partial charge in [-0.3, -0.25) is 4.79 Å². The molecule has 0 spiro atoms. The first-order valence-corrected chi connectivity index (χ1v) is 4.77. The third-order valence-corrected chi connectivity index (χ3v) is 1.89. The van der Waals surface area contributed by atoms with Gasteiger partial charge in [0.05, 0.1) is 26.4 Å². The summed E-state index contributed by atoms with van der Waals surface area (Å²) in [5, 5.41) is 0. The van der Waals surface area contributed by atoms with Gasteiger partial charge < -0.3 is 14.2 Å². The van der Waals surface area contributed by atoms with Crippen LogP contribution in [0, 0.1) is 0 Å². The lowest BCUT2D eigenvalue weighted by molar-refractivity contribution is -0.119. The SMILES string of the molecule is COCCOCCC(=O)C1=CCCO1. The van der Waals surface area contributed by atoms with Gasteiger partial charge in [0.15, 0.2) is 11.5 Å². The van der Waals surface area contributed by atoms with E-state index in [-0.39, 0.29) is 5.78 Å². The van der Waals surface area contributed by atoms with Crippen LogP contribution in [-0.2, 0) is 19.0 Å². The van der Waals surface area contributed by atoms with Gasteiger partial charge in [0.25, 0.3) is 0 Å². The van der Waals surface area contributed by atoms with Gasteiger partial charge in [0, 0.05) is 20.0 Å². The third-order valence-electron chi connectivity index (χ3n) is 1.89. The average molecular weight is 200 g/mol. The molecule has 0 bridgehead atoms. The Bertz CT molecular complexity index is 210. The smallest absolute Gasteiger partial charge is 0.199 e. The Morgan fingerprint density at radius 2 is 2.36 bits per heavy atom. The van der Waals surface area contributed by atoms with Crippen LogP contribution < -0.4 is 0 Å². The van der Waals surface area contributed by atoms with E-state index >= 15 is 0 Å². The molecular weight excluding hydrogens is 184 g/mol. The molecule has 4 nitrogen and oxygen atoms in total. The van der Waals surface area contributed by atoms with Crippen molar-refractivity contribution in [2.75, 3.05) is 33.5 Å². The Balaban J connectivity index is 2.03. The van der Waals surface area contributed by atoms with Crippen molar-refractivity contribution >= 4 is 5.78 Å². The van der Waals surface area contributed by atoms with Crippen LogP contribution >= 0.6 is 0 Å². The zero-order valence-corrected chi connectivity index (χ0v) is 8.45. The molecule has 0 atom stereocenters. The van der Waals surface area contributed by atoms with E-state index in [1.54, 1.807) is 7.11 Å². The summed E-state index contributed by atoms with van der Waals surface area (Å²) in [5.74, 6) is 0.528. The number of methoxy groups -OCH3 is 1. The predicted molar refractivity (Wildman–Crippen MR) is 51.0 cm³/mol. The quantitative estimate of drug-likeness (QED) is 0.573. The molecule has 0 unspecified atom stereocenters. The van der Waals surface area contributed by atoms with Gasteiger partial charge in [0.1, 0.15) is 0 Å². The van der Waals surface area contributed by atoms with Crippen molar-refractivity contribution in [1.29, 1.82) is 0 Å². The van der Waals surface area contributed by atoms with Crippen LogP contribution in [0.25, 0.3) is 0 Å². The van der Waals surface area contributed by atoms with Crippen molar-refractivity contribution < 1.29 is 19.0 Å². The Morgan fingerprint density at radius 3 is 3.00 bits per heavy atom. The zero-order chi connectivity index (χ0) is 10.2. The van der Waals surface area contributed by atoms with Crippen LogP contribution in [0.1, 0.15) is 12.8 Å². The summed E-state index contributed by atoms with van der Waals surface area (Å²) in [5.41, 5.74) is 0. The Kier molecular flexibility index (Phi) is 5.25. The average Bonchev–Trinajstić information content (AvgIpc) is 2.70.